The smallest absolute Gasteiger partial charge is 0.270 e. The van der Waals surface area contributed by atoms with Gasteiger partial charge in [0.25, 0.3) is 11.6 Å². The molecule has 0 unspecified atom stereocenters. The number of nitrogens with zero attached hydrogens (tertiary/aromatic N) is 4. The Balaban J connectivity index is 1.47. The van der Waals surface area contributed by atoms with Crippen LogP contribution in [0.15, 0.2) is 58.9 Å². The molecule has 12 nitrogen and oxygen atoms in total. The van der Waals surface area contributed by atoms with Gasteiger partial charge in [-0.15, -0.1) is 11.3 Å². The molecule has 0 bridgehead atoms. The van der Waals surface area contributed by atoms with Crippen LogP contribution in [0.5, 0.6) is 0 Å². The summed E-state index contributed by atoms with van der Waals surface area (Å²) < 4.78 is 32.7. The highest BCUT2D eigenvalue weighted by Gasteiger charge is 2.22. The number of carbonyl (C=O) groups is 2. The monoisotopic (exact) mass is 589 g/mol. The fourth-order valence-electron chi connectivity index (χ4n) is 3.58. The molecule has 0 saturated heterocycles. The van der Waals surface area contributed by atoms with E-state index in [4.69, 9.17) is 4.74 Å². The summed E-state index contributed by atoms with van der Waals surface area (Å²) >= 11 is 2.17. The first kappa shape index (κ1) is 28.2. The minimum atomic E-state index is -4.14. The number of non-ortho nitro benzene ring substituents is 1. The normalized spacial score (nSPS) is 12.1. The number of nitro groups is 1. The van der Waals surface area contributed by atoms with Crippen LogP contribution in [-0.4, -0.2) is 59.4 Å². The van der Waals surface area contributed by atoms with Crippen molar-refractivity contribution in [2.75, 3.05) is 30.0 Å². The molecule has 0 spiro atoms. The molecule has 39 heavy (non-hydrogen) atoms. The lowest BCUT2D eigenvalue weighted by atomic mass is 10.2. The Morgan fingerprint density at radius 2 is 1.95 bits per heavy atom. The number of nitro benzene ring substituents is 1. The maximum Gasteiger partial charge on any atom is 0.270 e. The Bertz CT molecular complexity index is 1690. The van der Waals surface area contributed by atoms with Crippen molar-refractivity contribution < 1.29 is 27.7 Å². The van der Waals surface area contributed by atoms with E-state index in [-0.39, 0.29) is 15.6 Å². The van der Waals surface area contributed by atoms with Gasteiger partial charge in [-0.1, -0.05) is 41.7 Å². The zero-order valence-electron chi connectivity index (χ0n) is 20.6. The Labute approximate surface area is 230 Å². The van der Waals surface area contributed by atoms with E-state index < -0.39 is 38.1 Å². The summed E-state index contributed by atoms with van der Waals surface area (Å²) in [7, 11) is -4.14. The number of hydrogen-bond acceptors (Lipinski definition) is 10. The molecule has 2 aromatic carbocycles. The maximum absolute atomic E-state index is 12.6. The van der Waals surface area contributed by atoms with Gasteiger partial charge in [0.1, 0.15) is 11.5 Å². The highest BCUT2D eigenvalue weighted by Crippen LogP contribution is 2.25. The topological polar surface area (TPSA) is 163 Å². The van der Waals surface area contributed by atoms with E-state index in [1.807, 2.05) is 37.3 Å². The molecule has 0 aliphatic rings. The van der Waals surface area contributed by atoms with Gasteiger partial charge in [0, 0.05) is 36.2 Å². The van der Waals surface area contributed by atoms with Crippen LogP contribution < -0.4 is 10.1 Å². The third-order valence-electron chi connectivity index (χ3n) is 5.28. The molecular weight excluding hydrogens is 566 g/mol. The highest BCUT2D eigenvalue weighted by molar-refractivity contribution is 7.92. The predicted octanol–water partition coefficient (Wildman–Crippen LogP) is 3.25. The second-order valence-electron chi connectivity index (χ2n) is 8.13. The number of hydrogen-bond donors (Lipinski definition) is 1. The van der Waals surface area contributed by atoms with Crippen LogP contribution in [0.2, 0.25) is 0 Å². The van der Waals surface area contributed by atoms with E-state index in [1.54, 1.807) is 16.0 Å². The Hall–Kier alpha value is -3.79. The van der Waals surface area contributed by atoms with Crippen molar-refractivity contribution in [3.05, 3.63) is 68.8 Å². The average Bonchev–Trinajstić information content (AvgIpc) is 3.47. The lowest BCUT2D eigenvalue weighted by Crippen LogP contribution is -2.28. The van der Waals surface area contributed by atoms with E-state index >= 15 is 0 Å². The molecule has 2 heterocycles. The highest BCUT2D eigenvalue weighted by atomic mass is 32.2. The van der Waals surface area contributed by atoms with Gasteiger partial charge in [0.15, 0.2) is 19.8 Å². The quantitative estimate of drug-likeness (QED) is 0.158. The van der Waals surface area contributed by atoms with Crippen molar-refractivity contribution in [3.63, 3.8) is 0 Å². The zero-order chi connectivity index (χ0) is 28.0. The van der Waals surface area contributed by atoms with Gasteiger partial charge >= 0.3 is 0 Å². The van der Waals surface area contributed by atoms with E-state index in [2.05, 4.69) is 15.3 Å². The van der Waals surface area contributed by atoms with Crippen molar-refractivity contribution >= 4 is 65.4 Å². The van der Waals surface area contributed by atoms with Crippen LogP contribution in [-0.2, 0) is 30.7 Å². The summed E-state index contributed by atoms with van der Waals surface area (Å²) in [6.07, 6.45) is 0. The van der Waals surface area contributed by atoms with Crippen molar-refractivity contribution in [1.29, 1.82) is 0 Å². The predicted molar refractivity (Wildman–Crippen MR) is 148 cm³/mol. The molecule has 0 fully saturated rings. The largest absolute Gasteiger partial charge is 0.380 e. The number of aromatic nitrogens is 2. The van der Waals surface area contributed by atoms with Gasteiger partial charge in [-0.3, -0.25) is 19.7 Å². The Morgan fingerprint density at radius 3 is 2.67 bits per heavy atom. The first-order valence-electron chi connectivity index (χ1n) is 11.6. The molecule has 0 aliphatic heterocycles. The number of benzene rings is 2. The van der Waals surface area contributed by atoms with Crippen molar-refractivity contribution in [3.8, 4) is 11.3 Å². The second-order valence-corrected chi connectivity index (χ2v) is 12.1. The average molecular weight is 590 g/mol. The minimum absolute atomic E-state index is 0.122. The molecule has 0 radical (unpaired) electrons. The Kier molecular flexibility index (Phi) is 8.96. The summed E-state index contributed by atoms with van der Waals surface area (Å²) in [4.78, 5) is 44.1. The van der Waals surface area contributed by atoms with Crippen LogP contribution >= 0.6 is 22.7 Å². The third kappa shape index (κ3) is 7.41. The molecule has 0 aliphatic carbocycles. The molecular formula is C24H23N5O7S3. The lowest BCUT2D eigenvalue weighted by Gasteiger charge is -2.05. The van der Waals surface area contributed by atoms with Crippen molar-refractivity contribution in [1.82, 2.24) is 9.55 Å². The fourth-order valence-corrected chi connectivity index (χ4v) is 6.44. The molecule has 4 rings (SSSR count). The number of thiazole rings is 2. The summed E-state index contributed by atoms with van der Waals surface area (Å²) in [5, 5.41) is 15.6. The number of amides is 2. The van der Waals surface area contributed by atoms with Crippen LogP contribution in [0.1, 0.15) is 6.92 Å². The van der Waals surface area contributed by atoms with E-state index in [1.165, 1.54) is 12.1 Å². The fraction of sp³-hybridized carbons (Fsp3) is 0.250. The van der Waals surface area contributed by atoms with E-state index in [9.17, 15) is 28.1 Å². The first-order chi connectivity index (χ1) is 18.6. The van der Waals surface area contributed by atoms with Crippen LogP contribution in [0.25, 0.3) is 21.5 Å². The number of anilines is 1. The summed E-state index contributed by atoms with van der Waals surface area (Å²) in [6.45, 7) is 2.88. The molecule has 0 atom stereocenters. The van der Waals surface area contributed by atoms with Crippen LogP contribution in [0.4, 0.5) is 10.8 Å². The summed E-state index contributed by atoms with van der Waals surface area (Å²) in [5.41, 5.74) is 1.96. The summed E-state index contributed by atoms with van der Waals surface area (Å²) in [5.74, 6) is -3.68. The second kappa shape index (κ2) is 12.4. The molecule has 204 valence electrons. The molecule has 0 saturated carbocycles. The van der Waals surface area contributed by atoms with Crippen molar-refractivity contribution in [2.24, 2.45) is 4.99 Å². The van der Waals surface area contributed by atoms with Gasteiger partial charge in [-0.25, -0.2) is 13.4 Å². The lowest BCUT2D eigenvalue weighted by molar-refractivity contribution is -0.384. The van der Waals surface area contributed by atoms with Crippen LogP contribution in [0.3, 0.4) is 0 Å². The van der Waals surface area contributed by atoms with E-state index in [0.29, 0.717) is 35.7 Å². The number of nitrogens with one attached hydrogen (secondary N) is 1. The van der Waals surface area contributed by atoms with Gasteiger partial charge in [0.05, 0.1) is 27.4 Å². The number of rotatable bonds is 11. The Morgan fingerprint density at radius 1 is 1.18 bits per heavy atom. The molecule has 1 N–H and O–H groups in total. The molecule has 4 aromatic rings. The molecule has 2 aromatic heterocycles. The van der Waals surface area contributed by atoms with Gasteiger partial charge in [-0.2, -0.15) is 4.99 Å². The molecule has 2 amide bonds. The van der Waals surface area contributed by atoms with Crippen LogP contribution in [0, 0.1) is 10.1 Å². The number of carbonyl (C=O) groups excluding carboxylic acids is 2. The number of sulfone groups is 1. The summed E-state index contributed by atoms with van der Waals surface area (Å²) in [6, 6.07) is 13.5. The zero-order valence-corrected chi connectivity index (χ0v) is 23.1. The minimum Gasteiger partial charge on any atom is -0.380 e. The standard InChI is InChI=1S/C24H23N5O7S3/c1-2-36-11-10-28-19-9-8-17(29(32)33)12-20(19)38-24(28)27-22(31)15-39(34,35)14-21(30)26-23-25-18(13-37-23)16-6-4-3-5-7-16/h3-9,12-13H,2,10-11,14-15H2,1H3,(H,25,26,30). The number of fused-ring (bicyclic) bond motifs is 1. The van der Waals surface area contributed by atoms with Crippen molar-refractivity contribution in [2.45, 2.75) is 13.5 Å². The van der Waals surface area contributed by atoms with E-state index in [0.717, 1.165) is 28.2 Å². The van der Waals surface area contributed by atoms with Gasteiger partial charge in [0.2, 0.25) is 5.91 Å². The molecule has 15 heteroatoms. The third-order valence-corrected chi connectivity index (χ3v) is 8.46. The first-order valence-corrected chi connectivity index (χ1v) is 15.1. The van der Waals surface area contributed by atoms with Gasteiger partial charge in [-0.05, 0) is 13.0 Å². The maximum atomic E-state index is 12.6. The number of ether oxygens (including phenoxy) is 1. The SMILES string of the molecule is CCOCCn1c(=NC(=O)CS(=O)(=O)CC(=O)Nc2nc(-c3ccccc3)cs2)sc2cc([N+](=O)[O-])ccc21. The van der Waals surface area contributed by atoms with Gasteiger partial charge < -0.3 is 14.6 Å².